The molecular formula is C23H30Cl3N5O3. The first kappa shape index (κ1) is 28.1. The molecule has 0 unspecified atom stereocenters. The second-order valence-corrected chi connectivity index (χ2v) is 8.63. The van der Waals surface area contributed by atoms with Crippen LogP contribution in [-0.2, 0) is 4.79 Å². The molecule has 0 aliphatic carbocycles. The molecule has 2 aliphatic rings. The van der Waals surface area contributed by atoms with E-state index in [0.29, 0.717) is 23.1 Å². The Morgan fingerprint density at radius 3 is 2.38 bits per heavy atom. The summed E-state index contributed by atoms with van der Waals surface area (Å²) in [6.07, 6.45) is 3.22. The smallest absolute Gasteiger partial charge is 1.00 e. The molecule has 0 atom stereocenters. The zero-order valence-corrected chi connectivity index (χ0v) is 21.3. The Hall–Kier alpha value is -2.10. The highest BCUT2D eigenvalue weighted by Crippen LogP contribution is 2.23. The number of piperazine rings is 1. The van der Waals surface area contributed by atoms with E-state index in [-0.39, 0.29) is 46.2 Å². The Labute approximate surface area is 220 Å². The Morgan fingerprint density at radius 2 is 1.68 bits per heavy atom. The number of carbonyl (C=O) groups is 2. The van der Waals surface area contributed by atoms with Gasteiger partial charge in [0.1, 0.15) is 18.1 Å². The maximum absolute atomic E-state index is 12.6. The van der Waals surface area contributed by atoms with Crippen molar-refractivity contribution in [3.05, 3.63) is 47.2 Å². The average Bonchev–Trinajstić information content (AvgIpc) is 3.36. The maximum Gasteiger partial charge on any atom is 1.00 e. The van der Waals surface area contributed by atoms with E-state index in [1.807, 2.05) is 18.2 Å². The Morgan fingerprint density at radius 1 is 1.00 bits per heavy atom. The summed E-state index contributed by atoms with van der Waals surface area (Å²) in [7, 11) is 2.14. The number of amides is 3. The fraction of sp³-hybridized carbons (Fsp3) is 0.435. The summed E-state index contributed by atoms with van der Waals surface area (Å²) >= 11 is 5.92. The topological polar surface area (TPSA) is 72.6 Å². The van der Waals surface area contributed by atoms with E-state index < -0.39 is 0 Å². The molecule has 3 amide bonds. The molecule has 4 rings (SSSR count). The van der Waals surface area contributed by atoms with Gasteiger partial charge < -0.3 is 39.0 Å². The summed E-state index contributed by atoms with van der Waals surface area (Å²) in [5.41, 5.74) is 0.893. The highest BCUT2D eigenvalue weighted by molar-refractivity contribution is 6.30. The van der Waals surface area contributed by atoms with Gasteiger partial charge in [0.2, 0.25) is 0 Å². The maximum atomic E-state index is 12.6. The first-order valence-electron chi connectivity index (χ1n) is 10.9. The van der Waals surface area contributed by atoms with Crippen LogP contribution in [0.1, 0.15) is 21.5 Å². The number of benzene rings is 1. The molecule has 34 heavy (non-hydrogen) atoms. The van der Waals surface area contributed by atoms with E-state index in [1.54, 1.807) is 18.2 Å². The van der Waals surface area contributed by atoms with Crippen molar-refractivity contribution < 1.29 is 41.7 Å². The number of hydrogen-bond acceptors (Lipinski definition) is 6. The molecule has 0 radical (unpaired) electrons. The third kappa shape index (κ3) is 7.20. The molecule has 2 aromatic rings. The Bertz CT molecular complexity index is 986. The number of rotatable bonds is 8. The molecule has 0 spiro atoms. The third-order valence-corrected chi connectivity index (χ3v) is 6.07. The number of hydrogen-bond donors (Lipinski definition) is 0. The van der Waals surface area contributed by atoms with Gasteiger partial charge in [-0.25, -0.2) is 9.80 Å². The van der Waals surface area contributed by atoms with Crippen LogP contribution in [0.3, 0.4) is 0 Å². The van der Waals surface area contributed by atoms with Gasteiger partial charge in [-0.3, -0.25) is 9.69 Å². The lowest BCUT2D eigenvalue weighted by atomic mass is 10.2. The standard InChI is InChI=1S/C23H28ClN5O3.2ClH/c1-26-12-14-27(15-13-26)10-2-3-11-28-22(30)17-29(23(28)31)25-16-20-8-9-21(32-20)18-4-6-19(24)7-5-18;;/h4-9,16H,2-3,10-15,17H2,1H3;2*1H/b25-16+;;. The van der Waals surface area contributed by atoms with Crippen LogP contribution in [0.2, 0.25) is 5.02 Å². The summed E-state index contributed by atoms with van der Waals surface area (Å²) in [4.78, 5) is 30.9. The van der Waals surface area contributed by atoms with Gasteiger partial charge >= 0.3 is 8.88 Å². The molecule has 2 saturated heterocycles. The van der Waals surface area contributed by atoms with Crippen LogP contribution in [0, 0.1) is 0 Å². The normalized spacial score (nSPS) is 17.4. The van der Waals surface area contributed by atoms with E-state index >= 15 is 0 Å². The summed E-state index contributed by atoms with van der Waals surface area (Å²) in [6, 6.07) is 10.5. The van der Waals surface area contributed by atoms with E-state index in [2.05, 4.69) is 21.9 Å². The predicted molar refractivity (Wildman–Crippen MR) is 126 cm³/mol. The molecule has 0 bridgehead atoms. The summed E-state index contributed by atoms with van der Waals surface area (Å²) in [5.74, 6) is 0.961. The molecular weight excluding hydrogens is 501 g/mol. The van der Waals surface area contributed by atoms with E-state index in [0.717, 1.165) is 51.1 Å². The number of unbranched alkanes of at least 4 members (excludes halogenated alkanes) is 1. The predicted octanol–water partition coefficient (Wildman–Crippen LogP) is -2.54. The average molecular weight is 531 g/mol. The molecule has 0 N–H and O–H groups in total. The van der Waals surface area contributed by atoms with Gasteiger partial charge in [-0.15, -0.1) is 0 Å². The second-order valence-electron chi connectivity index (χ2n) is 8.19. The second kappa shape index (κ2) is 13.1. The Balaban J connectivity index is 0.00000306. The quantitative estimate of drug-likeness (QED) is 0.214. The molecule has 3 heterocycles. The van der Waals surface area contributed by atoms with Crippen molar-refractivity contribution in [2.24, 2.45) is 5.10 Å². The highest BCUT2D eigenvalue weighted by Gasteiger charge is 2.35. The van der Waals surface area contributed by atoms with E-state index in [4.69, 9.17) is 16.0 Å². The number of urea groups is 1. The first-order valence-corrected chi connectivity index (χ1v) is 11.3. The van der Waals surface area contributed by atoms with Gasteiger partial charge in [-0.05, 0) is 62.8 Å². The minimum absolute atomic E-state index is 0. The number of furan rings is 1. The van der Waals surface area contributed by atoms with Crippen molar-refractivity contribution in [3.63, 3.8) is 0 Å². The molecule has 2 fully saturated rings. The minimum atomic E-state index is -0.379. The zero-order chi connectivity index (χ0) is 22.5. The summed E-state index contributed by atoms with van der Waals surface area (Å²) in [6.45, 7) is 5.72. The Kier molecular flexibility index (Phi) is 10.9. The number of carbonyl (C=O) groups excluding carboxylic acids is 2. The number of nitrogens with zero attached hydrogens (tertiary/aromatic N) is 5. The first-order chi connectivity index (χ1) is 15.5. The molecule has 186 valence electrons. The van der Waals surface area contributed by atoms with Crippen LogP contribution >= 0.6 is 11.6 Å². The van der Waals surface area contributed by atoms with Crippen LogP contribution in [0.25, 0.3) is 11.3 Å². The molecule has 2 aliphatic heterocycles. The van der Waals surface area contributed by atoms with Crippen LogP contribution in [0.4, 0.5) is 4.79 Å². The van der Waals surface area contributed by atoms with Gasteiger partial charge in [0, 0.05) is 43.3 Å². The van der Waals surface area contributed by atoms with Gasteiger partial charge in [-0.2, -0.15) is 5.10 Å². The fourth-order valence-electron chi connectivity index (χ4n) is 3.83. The minimum Gasteiger partial charge on any atom is -1.00 e. The van der Waals surface area contributed by atoms with Crippen molar-refractivity contribution >= 4 is 29.8 Å². The third-order valence-electron chi connectivity index (χ3n) is 5.82. The van der Waals surface area contributed by atoms with Crippen molar-refractivity contribution in [3.8, 4) is 11.3 Å². The largest absolute Gasteiger partial charge is 1.00 e. The van der Waals surface area contributed by atoms with Gasteiger partial charge in [-0.1, -0.05) is 11.6 Å². The molecule has 1 aromatic heterocycles. The number of halogens is 3. The van der Waals surface area contributed by atoms with Crippen LogP contribution < -0.4 is 24.8 Å². The zero-order valence-electron chi connectivity index (χ0n) is 21.0. The number of hydrazone groups is 1. The fourth-order valence-corrected chi connectivity index (χ4v) is 3.96. The summed E-state index contributed by atoms with van der Waals surface area (Å²) < 4.78 is 5.77. The number of likely N-dealkylation sites (N-methyl/N-ethyl adjacent to an activating group) is 1. The summed E-state index contributed by atoms with van der Waals surface area (Å²) in [5, 5.41) is 6.02. The van der Waals surface area contributed by atoms with Crippen molar-refractivity contribution in [1.29, 1.82) is 0 Å². The molecule has 1 aromatic carbocycles. The van der Waals surface area contributed by atoms with E-state index in [9.17, 15) is 9.59 Å². The lowest BCUT2D eigenvalue weighted by Crippen LogP contribution is -3.00. The van der Waals surface area contributed by atoms with Gasteiger partial charge in [0.25, 0.3) is 5.91 Å². The monoisotopic (exact) mass is 529 g/mol. The van der Waals surface area contributed by atoms with Crippen LogP contribution in [-0.4, -0.2) is 90.7 Å². The molecule has 0 saturated carbocycles. The van der Waals surface area contributed by atoms with Gasteiger partial charge in [0.15, 0.2) is 0 Å². The lowest BCUT2D eigenvalue weighted by Gasteiger charge is -2.32. The van der Waals surface area contributed by atoms with Gasteiger partial charge in [0.05, 0.1) is 6.21 Å². The van der Waals surface area contributed by atoms with Crippen molar-refractivity contribution in [1.82, 2.24) is 19.7 Å². The number of imide groups is 1. The van der Waals surface area contributed by atoms with Crippen molar-refractivity contribution in [2.75, 3.05) is 52.9 Å². The molecule has 8 nitrogen and oxygen atoms in total. The van der Waals surface area contributed by atoms with Crippen molar-refractivity contribution in [2.45, 2.75) is 12.8 Å². The van der Waals surface area contributed by atoms with Crippen LogP contribution in [0.15, 0.2) is 45.9 Å². The van der Waals surface area contributed by atoms with Crippen LogP contribution in [0.5, 0.6) is 0 Å². The highest BCUT2D eigenvalue weighted by atomic mass is 35.5. The van der Waals surface area contributed by atoms with E-state index in [1.165, 1.54) is 16.1 Å². The SMILES string of the molecule is CN1CCN(CCCCN2C(=O)CN(/N=C/c3ccc(-c4ccc(Cl)cc4)o3)C2=O)CC1.[Cl-].[Cl-].[H+].[H+]. The lowest BCUT2D eigenvalue weighted by molar-refractivity contribution is -0.125. The molecule has 11 heteroatoms.